The molecule has 3 aliphatic rings. The highest BCUT2D eigenvalue weighted by Gasteiger charge is 2.53. The monoisotopic (exact) mass is 349 g/mol. The molecular formula is C22H23NO3. The number of benzene rings is 2. The second-order valence-corrected chi connectivity index (χ2v) is 7.89. The summed E-state index contributed by atoms with van der Waals surface area (Å²) in [6, 6.07) is 16.7. The third-order valence-electron chi connectivity index (χ3n) is 6.37. The van der Waals surface area contributed by atoms with Crippen molar-refractivity contribution in [1.29, 1.82) is 0 Å². The number of rotatable bonds is 2. The molecule has 26 heavy (non-hydrogen) atoms. The summed E-state index contributed by atoms with van der Waals surface area (Å²) in [6.07, 6.45) is 2.18. The molecular weight excluding hydrogens is 326 g/mol. The molecule has 4 nitrogen and oxygen atoms in total. The van der Waals surface area contributed by atoms with Gasteiger partial charge in [0, 0.05) is 24.4 Å². The second-order valence-electron chi connectivity index (χ2n) is 7.89. The number of piperidine rings is 1. The molecule has 1 aliphatic heterocycles. The van der Waals surface area contributed by atoms with Crippen molar-refractivity contribution in [2.24, 2.45) is 5.41 Å². The summed E-state index contributed by atoms with van der Waals surface area (Å²) < 4.78 is 5.74. The maximum Gasteiger partial charge on any atom is 0.409 e. The summed E-state index contributed by atoms with van der Waals surface area (Å²) >= 11 is 0. The van der Waals surface area contributed by atoms with Crippen LogP contribution in [0.1, 0.15) is 36.3 Å². The Kier molecular flexibility index (Phi) is 3.57. The standard InChI is InChI=1S/C22H23NO3/c24-20-9-12-23(14-22(20)10-11-22)21(25)26-13-19-17-7-3-1-5-15(17)16-6-2-4-8-18(16)19/h1-8,19-20,24H,9-14H2. The SMILES string of the molecule is O=C(OCC1c2ccccc2-c2ccccc21)N1CCC(O)C2(CC2)C1. The lowest BCUT2D eigenvalue weighted by molar-refractivity contribution is 0.00801. The van der Waals surface area contributed by atoms with Crippen LogP contribution in [-0.2, 0) is 4.74 Å². The number of carbonyl (C=O) groups is 1. The molecule has 1 atom stereocenters. The topological polar surface area (TPSA) is 49.8 Å². The van der Waals surface area contributed by atoms with Crippen LogP contribution in [0.3, 0.4) is 0 Å². The highest BCUT2D eigenvalue weighted by atomic mass is 16.6. The zero-order chi connectivity index (χ0) is 17.7. The van der Waals surface area contributed by atoms with Crippen LogP contribution in [0.25, 0.3) is 11.1 Å². The molecule has 1 spiro atoms. The van der Waals surface area contributed by atoms with E-state index in [0.717, 1.165) is 12.8 Å². The van der Waals surface area contributed by atoms with E-state index in [2.05, 4.69) is 36.4 Å². The third kappa shape index (κ3) is 2.43. The first kappa shape index (κ1) is 15.9. The van der Waals surface area contributed by atoms with Gasteiger partial charge in [0.15, 0.2) is 0 Å². The van der Waals surface area contributed by atoms with Crippen molar-refractivity contribution >= 4 is 6.09 Å². The molecule has 1 unspecified atom stereocenters. The summed E-state index contributed by atoms with van der Waals surface area (Å²) in [4.78, 5) is 14.4. The first-order valence-corrected chi connectivity index (χ1v) is 9.46. The third-order valence-corrected chi connectivity index (χ3v) is 6.37. The average Bonchev–Trinajstić information content (AvgIpc) is 3.38. The molecule has 5 rings (SSSR count). The molecule has 2 aromatic rings. The summed E-state index contributed by atoms with van der Waals surface area (Å²) in [5, 5.41) is 10.1. The van der Waals surface area contributed by atoms with Crippen LogP contribution in [0.5, 0.6) is 0 Å². The molecule has 4 heteroatoms. The van der Waals surface area contributed by atoms with Gasteiger partial charge in [0.05, 0.1) is 6.10 Å². The van der Waals surface area contributed by atoms with Crippen molar-refractivity contribution in [3.63, 3.8) is 0 Å². The molecule has 134 valence electrons. The fraction of sp³-hybridized carbons (Fsp3) is 0.409. The number of aliphatic hydroxyl groups excluding tert-OH is 1. The van der Waals surface area contributed by atoms with Crippen molar-refractivity contribution < 1.29 is 14.6 Å². The fourth-order valence-corrected chi connectivity index (χ4v) is 4.64. The molecule has 0 aromatic heterocycles. The Morgan fingerprint density at radius 2 is 1.69 bits per heavy atom. The zero-order valence-corrected chi connectivity index (χ0v) is 14.7. The Morgan fingerprint density at radius 1 is 1.08 bits per heavy atom. The van der Waals surface area contributed by atoms with Gasteiger partial charge in [0.1, 0.15) is 6.61 Å². The number of hydrogen-bond donors (Lipinski definition) is 1. The molecule has 2 aliphatic carbocycles. The van der Waals surface area contributed by atoms with Gasteiger partial charge in [0.2, 0.25) is 0 Å². The van der Waals surface area contributed by atoms with Crippen molar-refractivity contribution in [2.75, 3.05) is 19.7 Å². The van der Waals surface area contributed by atoms with Crippen LogP contribution < -0.4 is 0 Å². The Labute approximate surface area is 153 Å². The average molecular weight is 349 g/mol. The smallest absolute Gasteiger partial charge is 0.409 e. The van der Waals surface area contributed by atoms with E-state index in [0.29, 0.717) is 26.1 Å². The van der Waals surface area contributed by atoms with E-state index in [9.17, 15) is 9.90 Å². The van der Waals surface area contributed by atoms with Gasteiger partial charge in [-0.1, -0.05) is 48.5 Å². The number of nitrogens with zero attached hydrogens (tertiary/aromatic N) is 1. The Hall–Kier alpha value is -2.33. The Balaban J connectivity index is 1.32. The lowest BCUT2D eigenvalue weighted by atomic mass is 9.92. The minimum Gasteiger partial charge on any atom is -0.448 e. The van der Waals surface area contributed by atoms with Gasteiger partial charge in [-0.05, 0) is 41.5 Å². The Morgan fingerprint density at radius 3 is 2.31 bits per heavy atom. The van der Waals surface area contributed by atoms with Gasteiger partial charge in [-0.3, -0.25) is 0 Å². The van der Waals surface area contributed by atoms with Crippen LogP contribution in [-0.4, -0.2) is 41.9 Å². The van der Waals surface area contributed by atoms with Crippen LogP contribution >= 0.6 is 0 Å². The van der Waals surface area contributed by atoms with Crippen molar-refractivity contribution in [3.8, 4) is 11.1 Å². The summed E-state index contributed by atoms with van der Waals surface area (Å²) in [5.41, 5.74) is 4.89. The van der Waals surface area contributed by atoms with Gasteiger partial charge in [0.25, 0.3) is 0 Å². The minimum absolute atomic E-state index is 0.0518. The van der Waals surface area contributed by atoms with E-state index in [4.69, 9.17) is 4.74 Å². The van der Waals surface area contributed by atoms with Crippen molar-refractivity contribution in [1.82, 2.24) is 4.90 Å². The van der Waals surface area contributed by atoms with Gasteiger partial charge >= 0.3 is 6.09 Å². The zero-order valence-electron chi connectivity index (χ0n) is 14.7. The first-order chi connectivity index (χ1) is 12.7. The number of carbonyl (C=O) groups excluding carboxylic acids is 1. The van der Waals surface area contributed by atoms with E-state index in [1.807, 2.05) is 12.1 Å². The molecule has 1 heterocycles. The number of amides is 1. The number of ether oxygens (including phenoxy) is 1. The predicted octanol–water partition coefficient (Wildman–Crippen LogP) is 3.78. The lowest BCUT2D eigenvalue weighted by Crippen LogP contribution is -2.47. The molecule has 0 radical (unpaired) electrons. The largest absolute Gasteiger partial charge is 0.448 e. The molecule has 2 fully saturated rings. The van der Waals surface area contributed by atoms with Crippen LogP contribution in [0, 0.1) is 5.41 Å². The molecule has 1 amide bonds. The molecule has 0 bridgehead atoms. The number of likely N-dealkylation sites (tertiary alicyclic amines) is 1. The van der Waals surface area contributed by atoms with E-state index < -0.39 is 0 Å². The van der Waals surface area contributed by atoms with Crippen LogP contribution in [0.2, 0.25) is 0 Å². The van der Waals surface area contributed by atoms with Gasteiger partial charge in [-0.15, -0.1) is 0 Å². The number of aliphatic hydroxyl groups is 1. The maximum absolute atomic E-state index is 12.6. The van der Waals surface area contributed by atoms with E-state index in [-0.39, 0.29) is 23.5 Å². The highest BCUT2D eigenvalue weighted by Crippen LogP contribution is 2.52. The molecule has 1 saturated carbocycles. The minimum atomic E-state index is -0.264. The fourth-order valence-electron chi connectivity index (χ4n) is 4.64. The number of hydrogen-bond acceptors (Lipinski definition) is 3. The van der Waals surface area contributed by atoms with E-state index in [1.165, 1.54) is 22.3 Å². The second kappa shape index (κ2) is 5.85. The van der Waals surface area contributed by atoms with Crippen LogP contribution in [0.15, 0.2) is 48.5 Å². The summed E-state index contributed by atoms with van der Waals surface area (Å²) in [5.74, 6) is 0.0941. The van der Waals surface area contributed by atoms with Crippen molar-refractivity contribution in [3.05, 3.63) is 59.7 Å². The van der Waals surface area contributed by atoms with Crippen molar-refractivity contribution in [2.45, 2.75) is 31.3 Å². The highest BCUT2D eigenvalue weighted by molar-refractivity contribution is 5.79. The molecule has 1 saturated heterocycles. The van der Waals surface area contributed by atoms with Gasteiger partial charge in [-0.2, -0.15) is 0 Å². The summed E-state index contributed by atoms with van der Waals surface area (Å²) in [6.45, 7) is 1.57. The maximum atomic E-state index is 12.6. The van der Waals surface area contributed by atoms with Gasteiger partial charge < -0.3 is 14.7 Å². The molecule has 1 N–H and O–H groups in total. The lowest BCUT2D eigenvalue weighted by Gasteiger charge is -2.36. The normalized spacial score (nSPS) is 22.8. The Bertz CT molecular complexity index is 812. The predicted molar refractivity (Wildman–Crippen MR) is 98.9 cm³/mol. The number of fused-ring (bicyclic) bond motifs is 3. The van der Waals surface area contributed by atoms with Crippen LogP contribution in [0.4, 0.5) is 4.79 Å². The quantitative estimate of drug-likeness (QED) is 0.898. The van der Waals surface area contributed by atoms with Gasteiger partial charge in [-0.25, -0.2) is 4.79 Å². The van der Waals surface area contributed by atoms with E-state index in [1.54, 1.807) is 4.90 Å². The first-order valence-electron chi connectivity index (χ1n) is 9.46. The summed E-state index contributed by atoms with van der Waals surface area (Å²) in [7, 11) is 0. The molecule has 2 aromatic carbocycles. The van der Waals surface area contributed by atoms with E-state index >= 15 is 0 Å².